The number of rotatable bonds is 10. The molecule has 0 aromatic carbocycles. The Kier molecular flexibility index (Phi) is 8.72. The number of anilines is 2. The van der Waals surface area contributed by atoms with Crippen molar-refractivity contribution in [1.82, 2.24) is 24.8 Å². The lowest BCUT2D eigenvalue weighted by molar-refractivity contribution is -0.114. The van der Waals surface area contributed by atoms with Gasteiger partial charge in [-0.2, -0.15) is 9.64 Å². The van der Waals surface area contributed by atoms with Crippen molar-refractivity contribution in [1.29, 1.82) is 5.26 Å². The molecule has 0 saturated heterocycles. The first-order valence-electron chi connectivity index (χ1n) is 8.92. The van der Waals surface area contributed by atoms with E-state index in [1.165, 1.54) is 46.2 Å². The summed E-state index contributed by atoms with van der Waals surface area (Å²) in [5.41, 5.74) is 0.369. The normalized spacial score (nSPS) is 10.6. The van der Waals surface area contributed by atoms with Gasteiger partial charge in [0, 0.05) is 0 Å². The summed E-state index contributed by atoms with van der Waals surface area (Å²) in [6.45, 7) is 3.93. The molecule has 3 rings (SSSR count). The molecule has 0 spiro atoms. The molecule has 2 N–H and O–H groups in total. The van der Waals surface area contributed by atoms with Crippen LogP contribution in [0.5, 0.6) is 0 Å². The maximum absolute atomic E-state index is 12.1. The van der Waals surface area contributed by atoms with Crippen molar-refractivity contribution in [2.45, 2.75) is 35.9 Å². The molecule has 0 fully saturated rings. The van der Waals surface area contributed by atoms with E-state index in [1.54, 1.807) is 0 Å². The molecule has 10 nitrogen and oxygen atoms in total. The van der Waals surface area contributed by atoms with Crippen LogP contribution >= 0.6 is 57.7 Å². The average molecular weight is 513 g/mol. The van der Waals surface area contributed by atoms with Crippen LogP contribution in [0.4, 0.5) is 10.3 Å². The van der Waals surface area contributed by atoms with Crippen LogP contribution in [0, 0.1) is 11.3 Å². The highest BCUT2D eigenvalue weighted by Gasteiger charge is 2.18. The third-order valence-corrected chi connectivity index (χ3v) is 8.60. The van der Waals surface area contributed by atoms with Crippen LogP contribution in [-0.4, -0.2) is 48.1 Å². The molecule has 31 heavy (non-hydrogen) atoms. The highest BCUT2D eigenvalue weighted by Crippen LogP contribution is 2.34. The topological polar surface area (TPSA) is 146 Å². The number of nitrogens with one attached hydrogen (secondary N) is 2. The minimum Gasteiger partial charge on any atom is -0.300 e. The number of aryl methyl sites for hydroxylation is 2. The van der Waals surface area contributed by atoms with E-state index < -0.39 is 0 Å². The zero-order chi connectivity index (χ0) is 22.2. The lowest BCUT2D eigenvalue weighted by atomic mass is 10.4. The van der Waals surface area contributed by atoms with Crippen molar-refractivity contribution in [3.05, 3.63) is 15.6 Å². The quantitative estimate of drug-likeness (QED) is 0.388. The summed E-state index contributed by atoms with van der Waals surface area (Å²) in [4.78, 5) is 24.3. The SMILES string of the molecule is CCc1nnc(NC(=O)CSc2nsc(SCC(=O)Nc3nnc(CC)s3)c2C#N)s1. The second kappa shape index (κ2) is 11.5. The Morgan fingerprint density at radius 3 is 1.97 bits per heavy atom. The summed E-state index contributed by atoms with van der Waals surface area (Å²) in [7, 11) is 0. The van der Waals surface area contributed by atoms with Gasteiger partial charge in [0.05, 0.1) is 11.5 Å². The van der Waals surface area contributed by atoms with Crippen molar-refractivity contribution in [3.63, 3.8) is 0 Å². The Morgan fingerprint density at radius 1 is 0.935 bits per heavy atom. The standard InChI is InChI=1S/C16H16N8O2S5/c1-3-11-20-22-15(29-11)18-9(25)6-27-13-8(5-17)14(31-24-13)28-7-10(26)19-16-23-21-12(4-2)30-16/h3-4,6-7H2,1-2H3,(H,18,22,25)(H,19,23,26). The predicted molar refractivity (Wildman–Crippen MR) is 124 cm³/mol. The van der Waals surface area contributed by atoms with Gasteiger partial charge in [-0.1, -0.05) is 48.3 Å². The monoisotopic (exact) mass is 512 g/mol. The van der Waals surface area contributed by atoms with E-state index in [-0.39, 0.29) is 23.3 Å². The number of hydrogen-bond donors (Lipinski definition) is 2. The number of carbonyl (C=O) groups excluding carboxylic acids is 2. The number of amides is 2. The fraction of sp³-hybridized carbons (Fsp3) is 0.375. The van der Waals surface area contributed by atoms with Gasteiger partial charge in [0.2, 0.25) is 22.1 Å². The molecule has 3 aromatic heterocycles. The summed E-state index contributed by atoms with van der Waals surface area (Å²) < 4.78 is 4.89. The van der Waals surface area contributed by atoms with E-state index in [0.29, 0.717) is 25.1 Å². The van der Waals surface area contributed by atoms with Crippen LogP contribution < -0.4 is 10.6 Å². The van der Waals surface area contributed by atoms with Gasteiger partial charge >= 0.3 is 0 Å². The van der Waals surface area contributed by atoms with E-state index in [2.05, 4.69) is 41.5 Å². The smallest absolute Gasteiger partial charge is 0.236 e. The van der Waals surface area contributed by atoms with Crippen LogP contribution in [0.1, 0.15) is 29.4 Å². The number of thioether (sulfide) groups is 2. The predicted octanol–water partition coefficient (Wildman–Crippen LogP) is 3.30. The lowest BCUT2D eigenvalue weighted by Gasteiger charge is -2.01. The summed E-state index contributed by atoms with van der Waals surface area (Å²) in [5, 5.41) is 33.7. The molecule has 0 radical (unpaired) electrons. The highest BCUT2D eigenvalue weighted by molar-refractivity contribution is 8.02. The van der Waals surface area contributed by atoms with Crippen molar-refractivity contribution >= 4 is 79.8 Å². The summed E-state index contributed by atoms with van der Waals surface area (Å²) in [5.74, 6) is -0.295. The van der Waals surface area contributed by atoms with Gasteiger partial charge in [0.15, 0.2) is 0 Å². The Hall–Kier alpha value is -2.12. The van der Waals surface area contributed by atoms with Crippen LogP contribution in [0.15, 0.2) is 9.24 Å². The molecule has 0 saturated carbocycles. The average Bonchev–Trinajstić information content (AvgIpc) is 3.50. The molecule has 0 bridgehead atoms. The van der Waals surface area contributed by atoms with Gasteiger partial charge in [-0.15, -0.1) is 32.2 Å². The minimum atomic E-state index is -0.252. The van der Waals surface area contributed by atoms with Gasteiger partial charge in [0.1, 0.15) is 30.9 Å². The summed E-state index contributed by atoms with van der Waals surface area (Å²) in [6, 6.07) is 2.12. The van der Waals surface area contributed by atoms with E-state index in [9.17, 15) is 14.9 Å². The van der Waals surface area contributed by atoms with Gasteiger partial charge in [-0.05, 0) is 24.4 Å². The van der Waals surface area contributed by atoms with Gasteiger partial charge in [0.25, 0.3) is 0 Å². The second-order valence-corrected chi connectivity index (χ2v) is 10.8. The molecule has 162 valence electrons. The Labute approximate surface area is 198 Å². The maximum Gasteiger partial charge on any atom is 0.236 e. The number of carbonyl (C=O) groups is 2. The first-order valence-corrected chi connectivity index (χ1v) is 13.3. The first-order chi connectivity index (χ1) is 15.0. The second-order valence-electron chi connectivity index (χ2n) is 5.64. The number of aromatic nitrogens is 5. The van der Waals surface area contributed by atoms with Crippen LogP contribution in [0.2, 0.25) is 0 Å². The van der Waals surface area contributed by atoms with E-state index in [0.717, 1.165) is 34.4 Å². The molecular weight excluding hydrogens is 497 g/mol. The lowest BCUT2D eigenvalue weighted by Crippen LogP contribution is -2.14. The van der Waals surface area contributed by atoms with Gasteiger partial charge < -0.3 is 0 Å². The number of nitriles is 1. The fourth-order valence-corrected chi connectivity index (χ4v) is 6.11. The molecule has 15 heteroatoms. The highest BCUT2D eigenvalue weighted by atomic mass is 32.2. The maximum atomic E-state index is 12.1. The molecule has 0 atom stereocenters. The van der Waals surface area contributed by atoms with Gasteiger partial charge in [-0.3, -0.25) is 20.2 Å². The zero-order valence-electron chi connectivity index (χ0n) is 16.4. The summed E-state index contributed by atoms with van der Waals surface area (Å²) in [6.07, 6.45) is 1.51. The molecule has 3 aromatic rings. The third-order valence-electron chi connectivity index (χ3n) is 3.45. The Bertz CT molecular complexity index is 1020. The van der Waals surface area contributed by atoms with E-state index in [1.807, 2.05) is 13.8 Å². The Balaban J connectivity index is 1.50. The summed E-state index contributed by atoms with van der Waals surface area (Å²) >= 11 is 6.18. The van der Waals surface area contributed by atoms with Crippen molar-refractivity contribution < 1.29 is 9.59 Å². The van der Waals surface area contributed by atoms with Crippen molar-refractivity contribution in [3.8, 4) is 6.07 Å². The molecule has 0 aliphatic carbocycles. The van der Waals surface area contributed by atoms with Crippen molar-refractivity contribution in [2.75, 3.05) is 22.1 Å². The van der Waals surface area contributed by atoms with Crippen molar-refractivity contribution in [2.24, 2.45) is 0 Å². The molecule has 0 aliphatic heterocycles. The number of hydrogen-bond acceptors (Lipinski definition) is 13. The van der Waals surface area contributed by atoms with Crippen LogP contribution in [-0.2, 0) is 22.4 Å². The molecule has 0 aliphatic rings. The third kappa shape index (κ3) is 6.68. The van der Waals surface area contributed by atoms with E-state index in [4.69, 9.17) is 0 Å². The molecular formula is C16H16N8O2S5. The van der Waals surface area contributed by atoms with Gasteiger partial charge in [-0.25, -0.2) is 0 Å². The van der Waals surface area contributed by atoms with E-state index >= 15 is 0 Å². The Morgan fingerprint density at radius 2 is 1.48 bits per heavy atom. The largest absolute Gasteiger partial charge is 0.300 e. The fourth-order valence-electron chi connectivity index (χ4n) is 2.02. The number of nitrogens with zero attached hydrogens (tertiary/aromatic N) is 6. The molecule has 3 heterocycles. The minimum absolute atomic E-state index is 0.0842. The first kappa shape index (κ1) is 23.5. The van der Waals surface area contributed by atoms with Crippen LogP contribution in [0.25, 0.3) is 0 Å². The molecule has 2 amide bonds. The van der Waals surface area contributed by atoms with Crippen LogP contribution in [0.3, 0.4) is 0 Å². The molecule has 0 unspecified atom stereocenters. The zero-order valence-corrected chi connectivity index (χ0v) is 20.5.